The van der Waals surface area contributed by atoms with Gasteiger partial charge in [-0.05, 0) is 18.9 Å². The second kappa shape index (κ2) is 6.68. The zero-order chi connectivity index (χ0) is 16.4. The molecule has 2 aromatic heterocycles. The molecule has 0 radical (unpaired) electrons. The van der Waals surface area contributed by atoms with Gasteiger partial charge in [0.1, 0.15) is 16.2 Å². The van der Waals surface area contributed by atoms with Crippen molar-refractivity contribution in [1.29, 1.82) is 0 Å². The van der Waals surface area contributed by atoms with Crippen molar-refractivity contribution < 1.29 is 9.90 Å². The number of benzene rings is 1. The van der Waals surface area contributed by atoms with Gasteiger partial charge in [0.05, 0.1) is 16.6 Å². The normalized spacial score (nSPS) is 12.4. The number of carboxylic acids is 1. The van der Waals surface area contributed by atoms with Gasteiger partial charge in [0.2, 0.25) is 0 Å². The zero-order valence-electron chi connectivity index (χ0n) is 12.8. The van der Waals surface area contributed by atoms with Crippen LogP contribution in [0.15, 0.2) is 41.0 Å². The molecule has 0 unspecified atom stereocenters. The molecule has 0 aliphatic heterocycles. The number of carbonyl (C=O) groups is 1. The van der Waals surface area contributed by atoms with Crippen molar-refractivity contribution >= 4 is 39.3 Å². The Balaban J connectivity index is 2.10. The second-order valence-electron chi connectivity index (χ2n) is 5.21. The van der Waals surface area contributed by atoms with Crippen LogP contribution in [0, 0.1) is 6.92 Å². The maximum Gasteiger partial charge on any atom is 0.128 e. The summed E-state index contributed by atoms with van der Waals surface area (Å²) in [7, 11) is 0. The number of aromatic nitrogens is 2. The van der Waals surface area contributed by atoms with Crippen molar-refractivity contribution in [2.24, 2.45) is 0 Å². The topological polar surface area (TPSA) is 65.9 Å². The standard InChI is InChI=1S/C17H16N2O2S2/c1-3-13(17(20)21)23-16-14-12(8-22-15(14)18-9-19-16)11-6-4-10(2)5-7-11/h4-9,13H,3H2,1-2H3,(H,20,21)/p-1/t13-/m1/s1. The number of thioether (sulfide) groups is 1. The van der Waals surface area contributed by atoms with Crippen LogP contribution in [0.1, 0.15) is 18.9 Å². The van der Waals surface area contributed by atoms with Gasteiger partial charge in [0, 0.05) is 10.9 Å². The molecule has 1 aromatic carbocycles. The summed E-state index contributed by atoms with van der Waals surface area (Å²) in [5.74, 6) is -1.06. The third kappa shape index (κ3) is 3.23. The van der Waals surface area contributed by atoms with Crippen LogP contribution in [-0.4, -0.2) is 21.2 Å². The molecular weight excluding hydrogens is 328 g/mol. The molecule has 0 fully saturated rings. The highest BCUT2D eigenvalue weighted by Gasteiger charge is 2.17. The van der Waals surface area contributed by atoms with Crippen LogP contribution in [0.2, 0.25) is 0 Å². The van der Waals surface area contributed by atoms with E-state index >= 15 is 0 Å². The van der Waals surface area contributed by atoms with E-state index in [4.69, 9.17) is 0 Å². The number of aliphatic carboxylic acids is 1. The van der Waals surface area contributed by atoms with Crippen LogP contribution < -0.4 is 5.11 Å². The largest absolute Gasteiger partial charge is 0.549 e. The summed E-state index contributed by atoms with van der Waals surface area (Å²) < 4.78 is 0. The zero-order valence-corrected chi connectivity index (χ0v) is 14.4. The number of thiophene rings is 1. The number of hydrogen-bond donors (Lipinski definition) is 0. The molecule has 3 aromatic rings. The summed E-state index contributed by atoms with van der Waals surface area (Å²) in [4.78, 5) is 20.7. The molecule has 118 valence electrons. The molecule has 0 aliphatic rings. The molecule has 3 rings (SSSR count). The molecule has 0 amide bonds. The Kier molecular flexibility index (Phi) is 4.63. The monoisotopic (exact) mass is 343 g/mol. The van der Waals surface area contributed by atoms with Gasteiger partial charge in [-0.15, -0.1) is 11.3 Å². The first-order chi connectivity index (χ1) is 11.1. The maximum atomic E-state index is 11.2. The average molecular weight is 343 g/mol. The van der Waals surface area contributed by atoms with Gasteiger partial charge >= 0.3 is 0 Å². The van der Waals surface area contributed by atoms with E-state index in [0.29, 0.717) is 11.4 Å². The highest BCUT2D eigenvalue weighted by atomic mass is 32.2. The highest BCUT2D eigenvalue weighted by molar-refractivity contribution is 8.00. The van der Waals surface area contributed by atoms with E-state index in [1.807, 2.05) is 19.2 Å². The number of hydrogen-bond acceptors (Lipinski definition) is 6. The Morgan fingerprint density at radius 3 is 2.70 bits per heavy atom. The number of carbonyl (C=O) groups excluding carboxylic acids is 1. The van der Waals surface area contributed by atoms with Gasteiger partial charge in [0.15, 0.2) is 0 Å². The van der Waals surface area contributed by atoms with Crippen LogP contribution in [-0.2, 0) is 4.79 Å². The van der Waals surface area contributed by atoms with Gasteiger partial charge < -0.3 is 9.90 Å². The number of carboxylic acid groups (broad SMARTS) is 1. The average Bonchev–Trinajstić information content (AvgIpc) is 2.98. The van der Waals surface area contributed by atoms with Crippen LogP contribution in [0.3, 0.4) is 0 Å². The van der Waals surface area contributed by atoms with E-state index in [9.17, 15) is 9.90 Å². The van der Waals surface area contributed by atoms with E-state index in [2.05, 4.69) is 34.2 Å². The molecule has 0 aliphatic carbocycles. The van der Waals surface area contributed by atoms with Crippen molar-refractivity contribution in [3.8, 4) is 11.1 Å². The van der Waals surface area contributed by atoms with Crippen molar-refractivity contribution in [3.63, 3.8) is 0 Å². The van der Waals surface area contributed by atoms with Crippen LogP contribution in [0.25, 0.3) is 21.3 Å². The first kappa shape index (κ1) is 16.0. The lowest BCUT2D eigenvalue weighted by atomic mass is 10.1. The highest BCUT2D eigenvalue weighted by Crippen LogP contribution is 2.39. The van der Waals surface area contributed by atoms with Gasteiger partial charge in [-0.1, -0.05) is 48.5 Å². The lowest BCUT2D eigenvalue weighted by molar-refractivity contribution is -0.304. The van der Waals surface area contributed by atoms with Crippen molar-refractivity contribution in [2.75, 3.05) is 0 Å². The second-order valence-corrected chi connectivity index (χ2v) is 7.26. The Morgan fingerprint density at radius 2 is 2.04 bits per heavy atom. The molecule has 0 saturated heterocycles. The number of aryl methyl sites for hydroxylation is 1. The molecule has 0 saturated carbocycles. The lowest BCUT2D eigenvalue weighted by Gasteiger charge is -2.15. The first-order valence-corrected chi connectivity index (χ1v) is 9.02. The molecule has 1 atom stereocenters. The number of fused-ring (bicyclic) bond motifs is 1. The SMILES string of the molecule is CC[C@@H](Sc1ncnc2scc(-c3ccc(C)cc3)c12)C(=O)[O-]. The number of nitrogens with zero attached hydrogens (tertiary/aromatic N) is 2. The lowest BCUT2D eigenvalue weighted by Crippen LogP contribution is -2.33. The van der Waals surface area contributed by atoms with E-state index < -0.39 is 11.2 Å². The van der Waals surface area contributed by atoms with Crippen LogP contribution >= 0.6 is 23.1 Å². The molecule has 0 spiro atoms. The molecule has 23 heavy (non-hydrogen) atoms. The van der Waals surface area contributed by atoms with E-state index in [1.165, 1.54) is 23.7 Å². The molecule has 2 heterocycles. The third-order valence-corrected chi connectivity index (χ3v) is 5.82. The van der Waals surface area contributed by atoms with Crippen molar-refractivity contribution in [1.82, 2.24) is 9.97 Å². The van der Waals surface area contributed by atoms with Crippen molar-refractivity contribution in [2.45, 2.75) is 30.5 Å². The summed E-state index contributed by atoms with van der Waals surface area (Å²) in [6, 6.07) is 8.25. The minimum atomic E-state index is -1.06. The maximum absolute atomic E-state index is 11.2. The fraction of sp³-hybridized carbons (Fsp3) is 0.235. The third-order valence-electron chi connectivity index (χ3n) is 3.59. The smallest absolute Gasteiger partial charge is 0.128 e. The predicted molar refractivity (Wildman–Crippen MR) is 92.5 cm³/mol. The van der Waals surface area contributed by atoms with E-state index in [1.54, 1.807) is 11.3 Å². The predicted octanol–water partition coefficient (Wildman–Crippen LogP) is 3.29. The summed E-state index contributed by atoms with van der Waals surface area (Å²) >= 11 is 2.78. The fourth-order valence-corrected chi connectivity index (χ4v) is 4.26. The summed E-state index contributed by atoms with van der Waals surface area (Å²) in [5, 5.41) is 14.3. The summed E-state index contributed by atoms with van der Waals surface area (Å²) in [5.41, 5.74) is 3.32. The van der Waals surface area contributed by atoms with Crippen LogP contribution in [0.5, 0.6) is 0 Å². The fourth-order valence-electron chi connectivity index (χ4n) is 2.32. The Morgan fingerprint density at radius 1 is 1.30 bits per heavy atom. The molecule has 0 bridgehead atoms. The Hall–Kier alpha value is -1.92. The molecule has 6 heteroatoms. The summed E-state index contributed by atoms with van der Waals surface area (Å²) in [6.45, 7) is 3.88. The minimum Gasteiger partial charge on any atom is -0.549 e. The van der Waals surface area contributed by atoms with Gasteiger partial charge in [-0.2, -0.15) is 0 Å². The minimum absolute atomic E-state index is 0.489. The van der Waals surface area contributed by atoms with Gasteiger partial charge in [-0.25, -0.2) is 9.97 Å². The summed E-state index contributed by atoms with van der Waals surface area (Å²) in [6.07, 6.45) is 1.98. The van der Waals surface area contributed by atoms with Crippen molar-refractivity contribution in [3.05, 3.63) is 41.5 Å². The molecular formula is C17H15N2O2S2-. The number of rotatable bonds is 5. The van der Waals surface area contributed by atoms with E-state index in [-0.39, 0.29) is 0 Å². The van der Waals surface area contributed by atoms with Gasteiger partial charge in [-0.3, -0.25) is 0 Å². The Bertz CT molecular complexity index is 843. The van der Waals surface area contributed by atoms with E-state index in [0.717, 1.165) is 21.3 Å². The molecule has 4 nitrogen and oxygen atoms in total. The molecule has 0 N–H and O–H groups in total. The van der Waals surface area contributed by atoms with Crippen LogP contribution in [0.4, 0.5) is 0 Å². The Labute approximate surface area is 142 Å². The van der Waals surface area contributed by atoms with Gasteiger partial charge in [0.25, 0.3) is 0 Å². The quantitative estimate of drug-likeness (QED) is 0.525. The first-order valence-electron chi connectivity index (χ1n) is 7.27.